The first-order valence-electron chi connectivity index (χ1n) is 5.90. The van der Waals surface area contributed by atoms with Crippen LogP contribution in [0, 0.1) is 11.8 Å². The maximum atomic E-state index is 10.0. The average molecular weight is 202 g/mol. The standard InChI is InChI=1S/C12H26O2/c1-5-7-8-11(6-2)12(14)9(3)10(4)13/h9-14H,5-8H2,1-4H3/t9-,10-,11+,12-/m1/s1. The summed E-state index contributed by atoms with van der Waals surface area (Å²) in [4.78, 5) is 0. The van der Waals surface area contributed by atoms with Crippen LogP contribution in [0.2, 0.25) is 0 Å². The van der Waals surface area contributed by atoms with E-state index in [4.69, 9.17) is 0 Å². The molecule has 0 heterocycles. The second kappa shape index (κ2) is 7.24. The second-order valence-electron chi connectivity index (χ2n) is 4.40. The smallest absolute Gasteiger partial charge is 0.0618 e. The van der Waals surface area contributed by atoms with E-state index in [2.05, 4.69) is 13.8 Å². The first kappa shape index (κ1) is 13.9. The Morgan fingerprint density at radius 3 is 2.00 bits per heavy atom. The van der Waals surface area contributed by atoms with Gasteiger partial charge < -0.3 is 10.2 Å². The molecule has 0 spiro atoms. The monoisotopic (exact) mass is 202 g/mol. The van der Waals surface area contributed by atoms with Gasteiger partial charge in [0.2, 0.25) is 0 Å². The van der Waals surface area contributed by atoms with Gasteiger partial charge in [-0.1, -0.05) is 40.0 Å². The molecule has 0 aromatic carbocycles. The van der Waals surface area contributed by atoms with E-state index in [9.17, 15) is 10.2 Å². The van der Waals surface area contributed by atoms with E-state index in [0.717, 1.165) is 12.8 Å². The van der Waals surface area contributed by atoms with Crippen LogP contribution in [0.25, 0.3) is 0 Å². The van der Waals surface area contributed by atoms with Crippen molar-refractivity contribution in [3.05, 3.63) is 0 Å². The summed E-state index contributed by atoms with van der Waals surface area (Å²) in [7, 11) is 0. The van der Waals surface area contributed by atoms with Crippen LogP contribution in [-0.4, -0.2) is 22.4 Å². The summed E-state index contributed by atoms with van der Waals surface area (Å²) >= 11 is 0. The van der Waals surface area contributed by atoms with Crippen LogP contribution in [0.3, 0.4) is 0 Å². The van der Waals surface area contributed by atoms with Gasteiger partial charge in [-0.25, -0.2) is 0 Å². The van der Waals surface area contributed by atoms with Gasteiger partial charge in [0, 0.05) is 5.92 Å². The fraction of sp³-hybridized carbons (Fsp3) is 1.00. The van der Waals surface area contributed by atoms with Gasteiger partial charge in [0.25, 0.3) is 0 Å². The fourth-order valence-electron chi connectivity index (χ4n) is 1.80. The molecule has 0 aliphatic heterocycles. The molecule has 2 heteroatoms. The predicted octanol–water partition coefficient (Wildman–Crippen LogP) is 2.58. The molecule has 2 nitrogen and oxygen atoms in total. The third-order valence-corrected chi connectivity index (χ3v) is 3.24. The van der Waals surface area contributed by atoms with Crippen LogP contribution in [-0.2, 0) is 0 Å². The Bertz CT molecular complexity index is 134. The minimum absolute atomic E-state index is 0.0168. The maximum absolute atomic E-state index is 10.0. The highest BCUT2D eigenvalue weighted by Gasteiger charge is 2.25. The number of aliphatic hydroxyl groups is 2. The van der Waals surface area contributed by atoms with Crippen molar-refractivity contribution in [2.45, 2.75) is 65.6 Å². The number of rotatable bonds is 7. The summed E-state index contributed by atoms with van der Waals surface area (Å²) < 4.78 is 0. The van der Waals surface area contributed by atoms with Crippen molar-refractivity contribution in [2.24, 2.45) is 11.8 Å². The Kier molecular flexibility index (Phi) is 7.20. The van der Waals surface area contributed by atoms with E-state index in [0.29, 0.717) is 5.92 Å². The average Bonchev–Trinajstić information content (AvgIpc) is 2.17. The van der Waals surface area contributed by atoms with Gasteiger partial charge in [-0.2, -0.15) is 0 Å². The Morgan fingerprint density at radius 1 is 1.07 bits per heavy atom. The molecule has 0 amide bonds. The molecule has 0 aliphatic carbocycles. The van der Waals surface area contributed by atoms with Gasteiger partial charge in [0.1, 0.15) is 0 Å². The van der Waals surface area contributed by atoms with E-state index in [-0.39, 0.29) is 12.0 Å². The van der Waals surface area contributed by atoms with E-state index in [1.807, 2.05) is 6.92 Å². The highest BCUT2D eigenvalue weighted by molar-refractivity contribution is 4.76. The Hall–Kier alpha value is -0.0800. The van der Waals surface area contributed by atoms with Gasteiger partial charge in [0.05, 0.1) is 12.2 Å². The van der Waals surface area contributed by atoms with Crippen molar-refractivity contribution in [3.8, 4) is 0 Å². The predicted molar refractivity (Wildman–Crippen MR) is 60.2 cm³/mol. The minimum atomic E-state index is -0.416. The molecule has 0 bridgehead atoms. The molecule has 0 saturated heterocycles. The molecule has 86 valence electrons. The molecule has 0 aromatic heterocycles. The number of unbranched alkanes of at least 4 members (excludes halogenated alkanes) is 1. The molecule has 0 aromatic rings. The molecule has 0 rings (SSSR count). The third-order valence-electron chi connectivity index (χ3n) is 3.24. The van der Waals surface area contributed by atoms with Crippen molar-refractivity contribution < 1.29 is 10.2 Å². The second-order valence-corrected chi connectivity index (χ2v) is 4.40. The quantitative estimate of drug-likeness (QED) is 0.666. The topological polar surface area (TPSA) is 40.5 Å². The van der Waals surface area contributed by atoms with E-state index >= 15 is 0 Å². The van der Waals surface area contributed by atoms with Crippen LogP contribution in [0.4, 0.5) is 0 Å². The van der Waals surface area contributed by atoms with Crippen LogP contribution < -0.4 is 0 Å². The molecule has 0 fully saturated rings. The molecule has 2 N–H and O–H groups in total. The van der Waals surface area contributed by atoms with E-state index < -0.39 is 6.10 Å². The van der Waals surface area contributed by atoms with Crippen LogP contribution in [0.1, 0.15) is 53.4 Å². The zero-order chi connectivity index (χ0) is 11.1. The highest BCUT2D eigenvalue weighted by Crippen LogP contribution is 2.23. The number of hydrogen-bond acceptors (Lipinski definition) is 2. The zero-order valence-corrected chi connectivity index (χ0v) is 10.0. The minimum Gasteiger partial charge on any atom is -0.393 e. The Balaban J connectivity index is 4.08. The van der Waals surface area contributed by atoms with Crippen molar-refractivity contribution in [1.82, 2.24) is 0 Å². The summed E-state index contributed by atoms with van der Waals surface area (Å²) in [6.07, 6.45) is 3.64. The Labute approximate surface area is 88.3 Å². The van der Waals surface area contributed by atoms with Crippen LogP contribution in [0.5, 0.6) is 0 Å². The first-order chi connectivity index (χ1) is 6.54. The van der Waals surface area contributed by atoms with Crippen LogP contribution >= 0.6 is 0 Å². The third kappa shape index (κ3) is 4.43. The highest BCUT2D eigenvalue weighted by atomic mass is 16.3. The molecular weight excluding hydrogens is 176 g/mol. The van der Waals surface area contributed by atoms with Crippen molar-refractivity contribution in [3.63, 3.8) is 0 Å². The molecule has 14 heavy (non-hydrogen) atoms. The Morgan fingerprint density at radius 2 is 1.64 bits per heavy atom. The van der Waals surface area contributed by atoms with Crippen molar-refractivity contribution in [2.75, 3.05) is 0 Å². The summed E-state index contributed by atoms with van der Waals surface area (Å²) in [5.41, 5.74) is 0. The molecule has 0 saturated carbocycles. The zero-order valence-electron chi connectivity index (χ0n) is 10.0. The SMILES string of the molecule is CCCC[C@H](CC)[C@H](O)[C@H](C)[C@@H](C)O. The number of hydrogen-bond donors (Lipinski definition) is 2. The summed E-state index contributed by atoms with van der Waals surface area (Å²) in [5.74, 6) is 0.330. The summed E-state index contributed by atoms with van der Waals surface area (Å²) in [5, 5.41) is 19.4. The first-order valence-corrected chi connectivity index (χ1v) is 5.90. The molecular formula is C12H26O2. The molecule has 0 radical (unpaired) electrons. The van der Waals surface area contributed by atoms with Gasteiger partial charge in [0.15, 0.2) is 0 Å². The lowest BCUT2D eigenvalue weighted by atomic mass is 9.84. The lowest BCUT2D eigenvalue weighted by Crippen LogP contribution is -2.33. The van der Waals surface area contributed by atoms with E-state index in [1.165, 1.54) is 12.8 Å². The van der Waals surface area contributed by atoms with Crippen LogP contribution in [0.15, 0.2) is 0 Å². The van der Waals surface area contributed by atoms with Crippen molar-refractivity contribution in [1.29, 1.82) is 0 Å². The molecule has 4 atom stereocenters. The van der Waals surface area contributed by atoms with Gasteiger partial charge in [-0.15, -0.1) is 0 Å². The fourth-order valence-corrected chi connectivity index (χ4v) is 1.80. The summed E-state index contributed by atoms with van der Waals surface area (Å²) in [6, 6.07) is 0. The van der Waals surface area contributed by atoms with Crippen molar-refractivity contribution >= 4 is 0 Å². The number of aliphatic hydroxyl groups excluding tert-OH is 2. The normalized spacial score (nSPS) is 20.1. The lowest BCUT2D eigenvalue weighted by molar-refractivity contribution is -0.00694. The van der Waals surface area contributed by atoms with E-state index in [1.54, 1.807) is 6.92 Å². The van der Waals surface area contributed by atoms with Gasteiger partial charge in [-0.3, -0.25) is 0 Å². The maximum Gasteiger partial charge on any atom is 0.0618 e. The summed E-state index contributed by atoms with van der Waals surface area (Å²) in [6.45, 7) is 7.94. The molecule has 0 aliphatic rings. The molecule has 0 unspecified atom stereocenters. The van der Waals surface area contributed by atoms with Gasteiger partial charge >= 0.3 is 0 Å². The van der Waals surface area contributed by atoms with Gasteiger partial charge in [-0.05, 0) is 19.3 Å². The largest absolute Gasteiger partial charge is 0.393 e. The lowest BCUT2D eigenvalue weighted by Gasteiger charge is -2.28.